The van der Waals surface area contributed by atoms with Gasteiger partial charge in [0.1, 0.15) is 11.5 Å². The lowest BCUT2D eigenvalue weighted by atomic mass is 9.46. The van der Waals surface area contributed by atoms with Crippen LogP contribution in [0.4, 0.5) is 0 Å². The van der Waals surface area contributed by atoms with Crippen molar-refractivity contribution in [2.75, 3.05) is 7.11 Å². The van der Waals surface area contributed by atoms with E-state index >= 15 is 0 Å². The molecule has 0 spiro atoms. The van der Waals surface area contributed by atoms with Crippen molar-refractivity contribution in [3.8, 4) is 23.0 Å². The second-order valence-corrected chi connectivity index (χ2v) is 9.34. The maximum absolute atomic E-state index is 10.7. The highest BCUT2D eigenvalue weighted by atomic mass is 16.5. The lowest BCUT2D eigenvalue weighted by Crippen LogP contribution is -2.48. The Morgan fingerprint density at radius 2 is 1.83 bits per heavy atom. The van der Waals surface area contributed by atoms with Gasteiger partial charge < -0.3 is 20.1 Å². The summed E-state index contributed by atoms with van der Waals surface area (Å²) in [5.74, 6) is 1.73. The summed E-state index contributed by atoms with van der Waals surface area (Å²) in [7, 11) is 1.65. The third-order valence-electron chi connectivity index (χ3n) is 7.12. The lowest BCUT2D eigenvalue weighted by Gasteiger charge is -2.57. The molecule has 4 rings (SSSR count). The van der Waals surface area contributed by atoms with E-state index in [1.54, 1.807) is 25.3 Å². The van der Waals surface area contributed by atoms with E-state index in [1.807, 2.05) is 6.07 Å². The molecule has 0 aromatic heterocycles. The Hall–Kier alpha value is -2.62. The van der Waals surface area contributed by atoms with Crippen molar-refractivity contribution >= 4 is 0 Å². The van der Waals surface area contributed by atoms with Crippen LogP contribution >= 0.6 is 0 Å². The van der Waals surface area contributed by atoms with Gasteiger partial charge in [-0.05, 0) is 78.7 Å². The highest BCUT2D eigenvalue weighted by molar-refractivity contribution is 5.61. The number of benzene rings is 2. The van der Waals surface area contributed by atoms with Crippen molar-refractivity contribution in [3.63, 3.8) is 0 Å². The number of hydrogen-bond donors (Lipinski definition) is 3. The minimum Gasteiger partial charge on any atom is -0.508 e. The van der Waals surface area contributed by atoms with Crippen LogP contribution in [0.15, 0.2) is 35.9 Å². The molecule has 0 bridgehead atoms. The summed E-state index contributed by atoms with van der Waals surface area (Å²) in [5.41, 5.74) is 5.68. The first-order valence-electron chi connectivity index (χ1n) is 10.2. The van der Waals surface area contributed by atoms with Crippen LogP contribution in [0.5, 0.6) is 23.0 Å². The Morgan fingerprint density at radius 3 is 2.45 bits per heavy atom. The zero-order chi connectivity index (χ0) is 21.1. The van der Waals surface area contributed by atoms with Crippen LogP contribution in [0.25, 0.3) is 0 Å². The van der Waals surface area contributed by atoms with Crippen molar-refractivity contribution in [1.29, 1.82) is 0 Å². The van der Waals surface area contributed by atoms with E-state index < -0.39 is 0 Å². The maximum atomic E-state index is 10.7. The molecular formula is C25H30O4. The number of methoxy groups -OCH3 is 1. The molecule has 2 aromatic carbocycles. The minimum atomic E-state index is -0.0992. The van der Waals surface area contributed by atoms with Crippen LogP contribution in [0.1, 0.15) is 61.8 Å². The van der Waals surface area contributed by atoms with Crippen LogP contribution in [-0.2, 0) is 12.8 Å². The topological polar surface area (TPSA) is 69.9 Å². The van der Waals surface area contributed by atoms with Crippen molar-refractivity contribution in [3.05, 3.63) is 58.2 Å². The summed E-state index contributed by atoms with van der Waals surface area (Å²) in [5, 5.41) is 30.6. The van der Waals surface area contributed by atoms with Gasteiger partial charge in [0.05, 0.1) is 7.11 Å². The van der Waals surface area contributed by atoms with E-state index in [9.17, 15) is 15.3 Å². The zero-order valence-electron chi connectivity index (χ0n) is 17.8. The molecule has 0 amide bonds. The van der Waals surface area contributed by atoms with Crippen molar-refractivity contribution < 1.29 is 20.1 Å². The highest BCUT2D eigenvalue weighted by Gasteiger charge is 2.61. The molecule has 0 heterocycles. The first-order chi connectivity index (χ1) is 13.7. The van der Waals surface area contributed by atoms with E-state index in [2.05, 4.69) is 33.8 Å². The normalized spacial score (nSPS) is 23.7. The van der Waals surface area contributed by atoms with Crippen LogP contribution in [0.2, 0.25) is 0 Å². The fraction of sp³-hybridized carbons (Fsp3) is 0.440. The number of hydrogen-bond acceptors (Lipinski definition) is 4. The summed E-state index contributed by atoms with van der Waals surface area (Å²) in [6, 6.07) is 6.92. The summed E-state index contributed by atoms with van der Waals surface area (Å²) in [6.45, 7) is 8.70. The molecule has 3 atom stereocenters. The van der Waals surface area contributed by atoms with Crippen molar-refractivity contribution in [2.45, 2.75) is 52.4 Å². The van der Waals surface area contributed by atoms with Crippen molar-refractivity contribution in [2.24, 2.45) is 11.3 Å². The SMILES string of the molecule is COc1cc(O)c2c(c1CC=C(C)C)C1C(C2)C(C)(C)C1c1ccc(O)c(O)c1. The number of phenols is 3. The number of phenolic OH excluding ortho intramolecular Hbond substituents is 3. The predicted octanol–water partition coefficient (Wildman–Crippen LogP) is 5.40. The number of aromatic hydroxyl groups is 3. The van der Waals surface area contributed by atoms with E-state index in [0.29, 0.717) is 11.7 Å². The average Bonchev–Trinajstić information content (AvgIpc) is 3.02. The fourth-order valence-electron chi connectivity index (χ4n) is 5.69. The Morgan fingerprint density at radius 1 is 1.10 bits per heavy atom. The Balaban J connectivity index is 1.87. The molecular weight excluding hydrogens is 364 g/mol. The first kappa shape index (κ1) is 19.7. The molecule has 3 N–H and O–H groups in total. The molecule has 1 saturated carbocycles. The molecule has 0 saturated heterocycles. The Kier molecular flexibility index (Phi) is 4.56. The van der Waals surface area contributed by atoms with Gasteiger partial charge >= 0.3 is 0 Å². The molecule has 0 radical (unpaired) electrons. The van der Waals surface area contributed by atoms with Gasteiger partial charge in [-0.1, -0.05) is 31.6 Å². The zero-order valence-corrected chi connectivity index (χ0v) is 17.8. The Labute approximate surface area is 172 Å². The van der Waals surface area contributed by atoms with Gasteiger partial charge in [-0.15, -0.1) is 0 Å². The smallest absolute Gasteiger partial charge is 0.157 e. The largest absolute Gasteiger partial charge is 0.508 e. The van der Waals surface area contributed by atoms with E-state index in [-0.39, 0.29) is 28.7 Å². The molecule has 1 fully saturated rings. The summed E-state index contributed by atoms with van der Waals surface area (Å²) >= 11 is 0. The highest BCUT2D eigenvalue weighted by Crippen LogP contribution is 2.71. The van der Waals surface area contributed by atoms with Gasteiger partial charge in [0.25, 0.3) is 0 Å². The molecule has 4 nitrogen and oxygen atoms in total. The van der Waals surface area contributed by atoms with Gasteiger partial charge in [-0.3, -0.25) is 0 Å². The molecule has 29 heavy (non-hydrogen) atoms. The summed E-state index contributed by atoms with van der Waals surface area (Å²) in [4.78, 5) is 0. The van der Waals surface area contributed by atoms with Gasteiger partial charge in [0, 0.05) is 11.6 Å². The predicted molar refractivity (Wildman–Crippen MR) is 114 cm³/mol. The van der Waals surface area contributed by atoms with Crippen LogP contribution in [0.3, 0.4) is 0 Å². The van der Waals surface area contributed by atoms with Gasteiger partial charge in [0.15, 0.2) is 11.5 Å². The molecule has 4 heteroatoms. The maximum Gasteiger partial charge on any atom is 0.157 e. The van der Waals surface area contributed by atoms with E-state index in [0.717, 1.165) is 35.3 Å². The first-order valence-corrected chi connectivity index (χ1v) is 10.2. The monoisotopic (exact) mass is 394 g/mol. The Bertz CT molecular complexity index is 998. The van der Waals surface area contributed by atoms with Crippen LogP contribution in [0, 0.1) is 11.3 Å². The fourth-order valence-corrected chi connectivity index (χ4v) is 5.69. The van der Waals surface area contributed by atoms with Crippen LogP contribution < -0.4 is 4.74 Å². The summed E-state index contributed by atoms with van der Waals surface area (Å²) in [6.07, 6.45) is 3.82. The van der Waals surface area contributed by atoms with E-state index in [1.165, 1.54) is 11.1 Å². The third-order valence-corrected chi connectivity index (χ3v) is 7.12. The molecule has 2 aromatic rings. The second kappa shape index (κ2) is 6.72. The standard InChI is InChI=1S/C25H30O4/c1-13(2)6-8-15-21(29-5)12-19(27)16-11-17-23(22(15)16)24(25(17,3)4)14-7-9-18(26)20(28)10-14/h6-7,9-10,12,17,23-24,26-28H,8,11H2,1-5H3. The molecule has 2 aliphatic carbocycles. The quantitative estimate of drug-likeness (QED) is 0.480. The number of fused-ring (bicyclic) bond motifs is 3. The van der Waals surface area contributed by atoms with Gasteiger partial charge in [0.2, 0.25) is 0 Å². The van der Waals surface area contributed by atoms with Crippen LogP contribution in [-0.4, -0.2) is 22.4 Å². The van der Waals surface area contributed by atoms with Gasteiger partial charge in [-0.25, -0.2) is 0 Å². The third kappa shape index (κ3) is 2.88. The number of allylic oxidation sites excluding steroid dienone is 2. The minimum absolute atomic E-state index is 0.0144. The lowest BCUT2D eigenvalue weighted by molar-refractivity contribution is 0.0122. The number of rotatable bonds is 4. The molecule has 2 aliphatic rings. The molecule has 154 valence electrons. The average molecular weight is 395 g/mol. The van der Waals surface area contributed by atoms with Crippen molar-refractivity contribution in [1.82, 2.24) is 0 Å². The molecule has 3 unspecified atom stereocenters. The second-order valence-electron chi connectivity index (χ2n) is 9.34. The van der Waals surface area contributed by atoms with Gasteiger partial charge in [-0.2, -0.15) is 0 Å². The number of ether oxygens (including phenoxy) is 1. The molecule has 0 aliphatic heterocycles. The summed E-state index contributed by atoms with van der Waals surface area (Å²) < 4.78 is 5.66. The van der Waals surface area contributed by atoms with E-state index in [4.69, 9.17) is 4.74 Å².